The van der Waals surface area contributed by atoms with Crippen molar-refractivity contribution in [3.63, 3.8) is 0 Å². The highest BCUT2D eigenvalue weighted by Gasteiger charge is 2.49. The van der Waals surface area contributed by atoms with Gasteiger partial charge in [-0.25, -0.2) is 4.79 Å². The number of rotatable bonds is 6. The molecule has 5 rings (SSSR count). The maximum atomic E-state index is 13.0. The maximum Gasteiger partial charge on any atom is 0.573 e. The van der Waals surface area contributed by atoms with Gasteiger partial charge in [0.15, 0.2) is 0 Å². The zero-order valence-corrected chi connectivity index (χ0v) is 22.4. The lowest BCUT2D eigenvalue weighted by atomic mass is 9.85. The molecule has 1 saturated heterocycles. The Bertz CT molecular complexity index is 1330. The number of carbonyl (C=O) groups is 1. The molecule has 0 amide bonds. The molecular weight excluding hydrogens is 556 g/mol. The number of ether oxygens (including phenoxy) is 3. The molecule has 206 valence electrons. The van der Waals surface area contributed by atoms with Crippen LogP contribution in [0.15, 0.2) is 60.8 Å². The first-order valence-electron chi connectivity index (χ1n) is 12.4. The molecule has 6 nitrogen and oxygen atoms in total. The zero-order chi connectivity index (χ0) is 27.8. The fourth-order valence-corrected chi connectivity index (χ4v) is 5.94. The molecule has 3 aromatic rings. The van der Waals surface area contributed by atoms with E-state index in [0.29, 0.717) is 41.5 Å². The third-order valence-electron chi connectivity index (χ3n) is 6.99. The van der Waals surface area contributed by atoms with Gasteiger partial charge in [-0.1, -0.05) is 41.4 Å². The van der Waals surface area contributed by atoms with E-state index in [-0.39, 0.29) is 12.4 Å². The fraction of sp³-hybridized carbons (Fsp3) is 0.357. The number of hydrogen-bond acceptors (Lipinski definition) is 6. The average molecular weight is 581 g/mol. The Morgan fingerprint density at radius 3 is 2.41 bits per heavy atom. The lowest BCUT2D eigenvalue weighted by Crippen LogP contribution is -2.46. The van der Waals surface area contributed by atoms with Gasteiger partial charge in [-0.2, -0.15) is 0 Å². The molecule has 3 heterocycles. The summed E-state index contributed by atoms with van der Waals surface area (Å²) in [4.78, 5) is 19.7. The minimum Gasteiger partial charge on any atom is -0.465 e. The monoisotopic (exact) mass is 580 g/mol. The van der Waals surface area contributed by atoms with Gasteiger partial charge in [0.25, 0.3) is 0 Å². The largest absolute Gasteiger partial charge is 0.573 e. The Kier molecular flexibility index (Phi) is 7.79. The molecule has 2 aliphatic heterocycles. The van der Waals surface area contributed by atoms with E-state index in [1.807, 2.05) is 29.2 Å². The summed E-state index contributed by atoms with van der Waals surface area (Å²) in [6.07, 6.45) is -2.41. The van der Waals surface area contributed by atoms with Gasteiger partial charge in [-0.05, 0) is 67.3 Å². The standard InChI is InChI=1S/C28H25Cl2F3N2O4/c1-2-37-26(36)23(17-5-7-21(8-6-17)38-28(31,32)33)35-12-9-27(10-13-35)25-22(4-3-11-34-25)24(39-27)18-14-19(29)16-20(30)15-18/h3-8,11,14-16,23-24H,2,9-10,12-13H2,1H3. The number of alkyl halides is 3. The van der Waals surface area contributed by atoms with Gasteiger partial charge in [0, 0.05) is 34.9 Å². The molecule has 2 aromatic carbocycles. The molecule has 1 fully saturated rings. The molecular formula is C28H25Cl2F3N2O4. The van der Waals surface area contributed by atoms with Crippen molar-refractivity contribution >= 4 is 29.2 Å². The molecule has 0 saturated carbocycles. The summed E-state index contributed by atoms with van der Waals surface area (Å²) in [7, 11) is 0. The van der Waals surface area contributed by atoms with Crippen molar-refractivity contribution in [3.05, 3.63) is 93.2 Å². The Labute approximate surface area is 233 Å². The third kappa shape index (κ3) is 5.87. The molecule has 0 radical (unpaired) electrons. The number of piperidine rings is 1. The predicted molar refractivity (Wildman–Crippen MR) is 139 cm³/mol. The molecule has 1 spiro atoms. The number of hydrogen-bond donors (Lipinski definition) is 0. The van der Waals surface area contributed by atoms with Crippen molar-refractivity contribution in [3.8, 4) is 5.75 Å². The number of esters is 1. The Morgan fingerprint density at radius 2 is 1.79 bits per heavy atom. The maximum absolute atomic E-state index is 13.0. The van der Waals surface area contributed by atoms with E-state index in [0.717, 1.165) is 16.8 Å². The van der Waals surface area contributed by atoms with Gasteiger partial charge >= 0.3 is 12.3 Å². The van der Waals surface area contributed by atoms with Gasteiger partial charge in [0.05, 0.1) is 12.3 Å². The minimum atomic E-state index is -4.80. The molecule has 11 heteroatoms. The van der Waals surface area contributed by atoms with Crippen LogP contribution in [0.25, 0.3) is 0 Å². The molecule has 2 aliphatic rings. The van der Waals surface area contributed by atoms with Crippen LogP contribution >= 0.6 is 23.2 Å². The summed E-state index contributed by atoms with van der Waals surface area (Å²) in [5.74, 6) is -0.837. The van der Waals surface area contributed by atoms with Crippen molar-refractivity contribution in [1.29, 1.82) is 0 Å². The zero-order valence-electron chi connectivity index (χ0n) is 20.9. The topological polar surface area (TPSA) is 60.9 Å². The van der Waals surface area contributed by atoms with Crippen molar-refractivity contribution in [1.82, 2.24) is 9.88 Å². The predicted octanol–water partition coefficient (Wildman–Crippen LogP) is 7.00. The third-order valence-corrected chi connectivity index (χ3v) is 7.43. The smallest absolute Gasteiger partial charge is 0.465 e. The number of pyridine rings is 1. The normalized spacial score (nSPS) is 19.5. The van der Waals surface area contributed by atoms with Crippen molar-refractivity contribution < 1.29 is 32.2 Å². The first kappa shape index (κ1) is 27.7. The van der Waals surface area contributed by atoms with Crippen molar-refractivity contribution in [2.75, 3.05) is 19.7 Å². The fourth-order valence-electron chi connectivity index (χ4n) is 5.40. The van der Waals surface area contributed by atoms with E-state index in [9.17, 15) is 18.0 Å². The lowest BCUT2D eigenvalue weighted by molar-refractivity contribution is -0.274. The van der Waals surface area contributed by atoms with Crippen molar-refractivity contribution in [2.24, 2.45) is 0 Å². The molecule has 39 heavy (non-hydrogen) atoms. The van der Waals surface area contributed by atoms with E-state index < -0.39 is 30.1 Å². The van der Waals surface area contributed by atoms with Crippen LogP contribution in [0.3, 0.4) is 0 Å². The van der Waals surface area contributed by atoms with E-state index in [1.54, 1.807) is 19.2 Å². The summed E-state index contributed by atoms with van der Waals surface area (Å²) in [5, 5.41) is 1.01. The lowest BCUT2D eigenvalue weighted by Gasteiger charge is -2.41. The van der Waals surface area contributed by atoms with E-state index in [1.165, 1.54) is 24.3 Å². The molecule has 0 bridgehead atoms. The van der Waals surface area contributed by atoms with Crippen LogP contribution in [-0.2, 0) is 19.9 Å². The van der Waals surface area contributed by atoms with Gasteiger partial charge in [0.2, 0.25) is 0 Å². The first-order valence-corrected chi connectivity index (χ1v) is 13.2. The number of carbonyl (C=O) groups excluding carboxylic acids is 1. The molecule has 1 aromatic heterocycles. The van der Waals surface area contributed by atoms with Gasteiger partial charge in [-0.15, -0.1) is 13.2 Å². The second-order valence-corrected chi connectivity index (χ2v) is 10.3. The summed E-state index contributed by atoms with van der Waals surface area (Å²) >= 11 is 12.5. The molecule has 0 N–H and O–H groups in total. The Balaban J connectivity index is 1.39. The number of fused-ring (bicyclic) bond motifs is 2. The van der Waals surface area contributed by atoms with Crippen molar-refractivity contribution in [2.45, 2.75) is 43.9 Å². The van der Waals surface area contributed by atoms with Gasteiger partial charge < -0.3 is 14.2 Å². The highest BCUT2D eigenvalue weighted by molar-refractivity contribution is 6.34. The minimum absolute atomic E-state index is 0.173. The van der Waals surface area contributed by atoms with Crippen LogP contribution in [0.4, 0.5) is 13.2 Å². The second-order valence-electron chi connectivity index (χ2n) is 9.44. The highest BCUT2D eigenvalue weighted by Crippen LogP contribution is 2.51. The number of halogens is 5. The van der Waals surface area contributed by atoms with Crippen LogP contribution in [0, 0.1) is 0 Å². The van der Waals surface area contributed by atoms with Crippen LogP contribution in [0.1, 0.15) is 54.3 Å². The summed E-state index contributed by atoms with van der Waals surface area (Å²) in [5.41, 5.74) is 2.43. The number of nitrogens with zero attached hydrogens (tertiary/aromatic N) is 2. The molecule has 2 atom stereocenters. The van der Waals surface area contributed by atoms with E-state index in [4.69, 9.17) is 32.7 Å². The molecule has 2 unspecified atom stereocenters. The van der Waals surface area contributed by atoms with Gasteiger partial charge in [0.1, 0.15) is 23.5 Å². The number of likely N-dealkylation sites (tertiary alicyclic amines) is 1. The number of aromatic nitrogens is 1. The first-order chi connectivity index (χ1) is 18.6. The van der Waals surface area contributed by atoms with E-state index in [2.05, 4.69) is 9.72 Å². The summed E-state index contributed by atoms with van der Waals surface area (Å²) in [6.45, 7) is 2.80. The number of benzene rings is 2. The Morgan fingerprint density at radius 1 is 1.13 bits per heavy atom. The summed E-state index contributed by atoms with van der Waals surface area (Å²) in [6, 6.07) is 13.7. The van der Waals surface area contributed by atoms with Crippen LogP contribution < -0.4 is 4.74 Å². The van der Waals surface area contributed by atoms with Crippen LogP contribution in [-0.4, -0.2) is 41.9 Å². The quantitative estimate of drug-likeness (QED) is 0.292. The van der Waals surface area contributed by atoms with E-state index >= 15 is 0 Å². The highest BCUT2D eigenvalue weighted by atomic mass is 35.5. The van der Waals surface area contributed by atoms with Crippen LogP contribution in [0.2, 0.25) is 10.0 Å². The van der Waals surface area contributed by atoms with Crippen LogP contribution in [0.5, 0.6) is 5.75 Å². The average Bonchev–Trinajstić information content (AvgIpc) is 3.19. The van der Waals surface area contributed by atoms with Gasteiger partial charge in [-0.3, -0.25) is 9.88 Å². The SMILES string of the molecule is CCOC(=O)C(c1ccc(OC(F)(F)F)cc1)N1CCC2(CC1)OC(c1cc(Cl)cc(Cl)c1)c1cccnc12. The summed E-state index contributed by atoms with van der Waals surface area (Å²) < 4.78 is 53.9. The Hall–Kier alpha value is -2.85. The molecule has 0 aliphatic carbocycles. The second kappa shape index (κ2) is 11.0.